The van der Waals surface area contributed by atoms with Crippen LogP contribution in [0.4, 0.5) is 0 Å². The molecule has 21 heavy (non-hydrogen) atoms. The van der Waals surface area contributed by atoms with E-state index in [0.29, 0.717) is 6.42 Å². The lowest BCUT2D eigenvalue weighted by atomic mass is 9.94. The van der Waals surface area contributed by atoms with Gasteiger partial charge in [0.2, 0.25) is 5.56 Å². The van der Waals surface area contributed by atoms with E-state index in [4.69, 9.17) is 0 Å². The van der Waals surface area contributed by atoms with Crippen LogP contribution >= 0.6 is 0 Å². The zero-order valence-corrected chi connectivity index (χ0v) is 13.0. The number of aromatic amines is 1. The van der Waals surface area contributed by atoms with Crippen molar-refractivity contribution in [1.82, 2.24) is 9.55 Å². The highest BCUT2D eigenvalue weighted by Crippen LogP contribution is 2.19. The summed E-state index contributed by atoms with van der Waals surface area (Å²) in [6, 6.07) is 7.39. The molecule has 2 heterocycles. The number of nitrogens with zero attached hydrogens (tertiary/aromatic N) is 1. The number of nitrogens with one attached hydrogen (secondary N) is 1. The van der Waals surface area contributed by atoms with Crippen LogP contribution < -0.4 is 11.1 Å². The summed E-state index contributed by atoms with van der Waals surface area (Å²) in [4.78, 5) is 26.7. The summed E-state index contributed by atoms with van der Waals surface area (Å²) in [5.41, 5.74) is 2.64. The van der Waals surface area contributed by atoms with E-state index in [0.717, 1.165) is 16.8 Å². The minimum atomic E-state index is -0.0793. The molecule has 0 amide bonds. The Morgan fingerprint density at radius 3 is 2.57 bits per heavy atom. The molecule has 2 aromatic heterocycles. The predicted molar refractivity (Wildman–Crippen MR) is 85.0 cm³/mol. The van der Waals surface area contributed by atoms with Crippen LogP contribution in [0.5, 0.6) is 0 Å². The minimum Gasteiger partial charge on any atom is -0.326 e. The van der Waals surface area contributed by atoms with Crippen LogP contribution in [0.3, 0.4) is 0 Å². The Morgan fingerprint density at radius 1 is 1.19 bits per heavy atom. The number of aromatic nitrogens is 2. The first-order valence-electron chi connectivity index (χ1n) is 7.27. The molecule has 112 valence electrons. The van der Waals surface area contributed by atoms with Gasteiger partial charge in [-0.2, -0.15) is 0 Å². The van der Waals surface area contributed by atoms with Crippen LogP contribution in [0.2, 0.25) is 0 Å². The van der Waals surface area contributed by atoms with Crippen molar-refractivity contribution in [3.63, 3.8) is 0 Å². The van der Waals surface area contributed by atoms with E-state index in [-0.39, 0.29) is 23.0 Å². The fraction of sp³-hybridized carbons (Fsp3) is 0.412. The third-order valence-corrected chi connectivity index (χ3v) is 3.77. The average molecular weight is 286 g/mol. The Kier molecular flexibility index (Phi) is 4.46. The number of pyridine rings is 2. The molecule has 0 fully saturated rings. The van der Waals surface area contributed by atoms with E-state index in [1.54, 1.807) is 23.9 Å². The lowest BCUT2D eigenvalue weighted by Gasteiger charge is -2.13. The first kappa shape index (κ1) is 15.3. The van der Waals surface area contributed by atoms with E-state index < -0.39 is 0 Å². The monoisotopic (exact) mass is 286 g/mol. The molecule has 4 heteroatoms. The fourth-order valence-corrected chi connectivity index (χ4v) is 2.51. The summed E-state index contributed by atoms with van der Waals surface area (Å²) in [6.45, 7) is 6.11. The van der Waals surface area contributed by atoms with Gasteiger partial charge in [0, 0.05) is 30.6 Å². The molecule has 0 saturated heterocycles. The second kappa shape index (κ2) is 6.12. The van der Waals surface area contributed by atoms with E-state index in [1.165, 1.54) is 0 Å². The van der Waals surface area contributed by atoms with Crippen molar-refractivity contribution in [1.29, 1.82) is 0 Å². The highest BCUT2D eigenvalue weighted by Gasteiger charge is 2.13. The Bertz CT molecular complexity index is 741. The van der Waals surface area contributed by atoms with Crippen molar-refractivity contribution in [2.24, 2.45) is 7.05 Å². The molecule has 1 atom stereocenters. The third kappa shape index (κ3) is 3.51. The highest BCUT2D eigenvalue weighted by atomic mass is 16.1. The molecule has 0 aromatic carbocycles. The standard InChI is InChI=1S/C17H22N2O2/c1-11(2)15-9-13(10-16(20)18-15)8-12(3)14-6-5-7-19(4)17(14)21/h5-7,9-12H,8H2,1-4H3,(H,18,20). The summed E-state index contributed by atoms with van der Waals surface area (Å²) in [5, 5.41) is 0. The van der Waals surface area contributed by atoms with Crippen LogP contribution in [0.15, 0.2) is 40.1 Å². The van der Waals surface area contributed by atoms with Crippen molar-refractivity contribution >= 4 is 0 Å². The van der Waals surface area contributed by atoms with Gasteiger partial charge >= 0.3 is 0 Å². The maximum atomic E-state index is 12.1. The molecular weight excluding hydrogens is 264 g/mol. The van der Waals surface area contributed by atoms with Crippen molar-refractivity contribution in [2.75, 3.05) is 0 Å². The first-order chi connectivity index (χ1) is 9.88. The molecule has 0 bridgehead atoms. The minimum absolute atomic E-state index is 0.0268. The average Bonchev–Trinajstić information content (AvgIpc) is 2.41. The number of aryl methyl sites for hydroxylation is 1. The molecule has 0 radical (unpaired) electrons. The van der Waals surface area contributed by atoms with Crippen molar-refractivity contribution in [2.45, 2.75) is 39.0 Å². The van der Waals surface area contributed by atoms with Gasteiger partial charge in [-0.05, 0) is 36.0 Å². The zero-order valence-electron chi connectivity index (χ0n) is 13.0. The second-order valence-corrected chi connectivity index (χ2v) is 5.95. The molecule has 1 N–H and O–H groups in total. The van der Waals surface area contributed by atoms with Crippen LogP contribution in [-0.2, 0) is 13.5 Å². The largest absolute Gasteiger partial charge is 0.326 e. The van der Waals surface area contributed by atoms with Gasteiger partial charge in [-0.3, -0.25) is 9.59 Å². The van der Waals surface area contributed by atoms with Crippen LogP contribution in [0.1, 0.15) is 49.4 Å². The van der Waals surface area contributed by atoms with E-state index in [2.05, 4.69) is 4.98 Å². The molecule has 0 aliphatic rings. The van der Waals surface area contributed by atoms with Gasteiger partial charge in [-0.15, -0.1) is 0 Å². The van der Waals surface area contributed by atoms with E-state index in [9.17, 15) is 9.59 Å². The van der Waals surface area contributed by atoms with Gasteiger partial charge in [-0.25, -0.2) is 0 Å². The Morgan fingerprint density at radius 2 is 1.90 bits per heavy atom. The lowest BCUT2D eigenvalue weighted by Crippen LogP contribution is -2.22. The summed E-state index contributed by atoms with van der Waals surface area (Å²) in [5.74, 6) is 0.351. The molecular formula is C17H22N2O2. The molecule has 4 nitrogen and oxygen atoms in total. The second-order valence-electron chi connectivity index (χ2n) is 5.95. The van der Waals surface area contributed by atoms with Gasteiger partial charge in [0.15, 0.2) is 0 Å². The molecule has 0 saturated carbocycles. The SMILES string of the molecule is CC(C)c1cc(CC(C)c2cccn(C)c2=O)cc(=O)[nH]1. The normalized spacial score (nSPS) is 12.6. The molecule has 1 unspecified atom stereocenters. The summed E-state index contributed by atoms with van der Waals surface area (Å²) in [7, 11) is 1.75. The maximum absolute atomic E-state index is 12.1. The van der Waals surface area contributed by atoms with Crippen molar-refractivity contribution < 1.29 is 0 Å². The Labute approximate surface area is 124 Å². The maximum Gasteiger partial charge on any atom is 0.253 e. The van der Waals surface area contributed by atoms with Crippen LogP contribution in [-0.4, -0.2) is 9.55 Å². The van der Waals surface area contributed by atoms with Crippen molar-refractivity contribution in [3.8, 4) is 0 Å². The van der Waals surface area contributed by atoms with E-state index >= 15 is 0 Å². The quantitative estimate of drug-likeness (QED) is 0.939. The molecule has 0 aliphatic heterocycles. The molecule has 0 aliphatic carbocycles. The molecule has 2 aromatic rings. The number of rotatable bonds is 4. The van der Waals surface area contributed by atoms with Gasteiger partial charge < -0.3 is 9.55 Å². The summed E-state index contributed by atoms with van der Waals surface area (Å²) < 4.78 is 1.59. The smallest absolute Gasteiger partial charge is 0.253 e. The molecule has 2 rings (SSSR count). The highest BCUT2D eigenvalue weighted by molar-refractivity contribution is 5.23. The predicted octanol–water partition coefficient (Wildman–Crippen LogP) is 2.54. The van der Waals surface area contributed by atoms with Gasteiger partial charge in [0.05, 0.1) is 0 Å². The first-order valence-corrected chi connectivity index (χ1v) is 7.27. The van der Waals surface area contributed by atoms with Crippen LogP contribution in [0, 0.1) is 0 Å². The van der Waals surface area contributed by atoms with Gasteiger partial charge in [-0.1, -0.05) is 26.8 Å². The topological polar surface area (TPSA) is 54.9 Å². The molecule has 0 spiro atoms. The Balaban J connectivity index is 2.31. The number of hydrogen-bond donors (Lipinski definition) is 1. The Hall–Kier alpha value is -2.10. The van der Waals surface area contributed by atoms with Gasteiger partial charge in [0.1, 0.15) is 0 Å². The van der Waals surface area contributed by atoms with Crippen molar-refractivity contribution in [3.05, 3.63) is 68.0 Å². The van der Waals surface area contributed by atoms with Crippen LogP contribution in [0.25, 0.3) is 0 Å². The lowest BCUT2D eigenvalue weighted by molar-refractivity contribution is 0.715. The summed E-state index contributed by atoms with van der Waals surface area (Å²) >= 11 is 0. The van der Waals surface area contributed by atoms with E-state index in [1.807, 2.05) is 39.0 Å². The number of H-pyrrole nitrogens is 1. The third-order valence-electron chi connectivity index (χ3n) is 3.77. The zero-order chi connectivity index (χ0) is 15.6. The number of hydrogen-bond acceptors (Lipinski definition) is 2. The summed E-state index contributed by atoms with van der Waals surface area (Å²) in [6.07, 6.45) is 2.44. The fourth-order valence-electron chi connectivity index (χ4n) is 2.51. The van der Waals surface area contributed by atoms with Gasteiger partial charge in [0.25, 0.3) is 5.56 Å².